The van der Waals surface area contributed by atoms with Crippen LogP contribution in [0.4, 0.5) is 22.7 Å². The predicted octanol–water partition coefficient (Wildman–Crippen LogP) is 4.87. The molecule has 1 amide bonds. The number of anilines is 1. The molecule has 0 radical (unpaired) electrons. The molecule has 0 bridgehead atoms. The Labute approximate surface area is 175 Å². The standard InChI is InChI=1S/C19H17F4N3OS.ClH/c1-25(2)6-3-7-26(18(27)13-5-4-11(20)8-14(13)22)19-24-17-15(23)9-12(21)10-16(17)28-19;/h4-5,8-10H,3,6-7H2,1-2H3;1H. The van der Waals surface area contributed by atoms with Crippen LogP contribution in [0.1, 0.15) is 16.8 Å². The van der Waals surface area contributed by atoms with E-state index in [2.05, 4.69) is 4.98 Å². The number of carbonyl (C=O) groups is 1. The van der Waals surface area contributed by atoms with Crippen LogP contribution in [0.25, 0.3) is 10.2 Å². The first-order valence-corrected chi connectivity index (χ1v) is 9.25. The number of nitrogens with zero attached hydrogens (tertiary/aromatic N) is 3. The van der Waals surface area contributed by atoms with Crippen molar-refractivity contribution in [3.05, 3.63) is 59.2 Å². The Bertz CT molecular complexity index is 1030. The van der Waals surface area contributed by atoms with E-state index in [9.17, 15) is 22.4 Å². The smallest absolute Gasteiger partial charge is 0.263 e. The molecule has 29 heavy (non-hydrogen) atoms. The SMILES string of the molecule is CN(C)CCCN(C(=O)c1ccc(F)cc1F)c1nc2c(F)cc(F)cc2s1.Cl. The molecule has 0 aliphatic rings. The first-order valence-electron chi connectivity index (χ1n) is 8.43. The topological polar surface area (TPSA) is 36.4 Å². The molecule has 10 heteroatoms. The fourth-order valence-electron chi connectivity index (χ4n) is 2.70. The van der Waals surface area contributed by atoms with E-state index in [0.29, 0.717) is 25.1 Å². The highest BCUT2D eigenvalue weighted by atomic mass is 35.5. The van der Waals surface area contributed by atoms with Gasteiger partial charge in [0.25, 0.3) is 5.91 Å². The molecule has 0 aliphatic carbocycles. The van der Waals surface area contributed by atoms with Crippen LogP contribution in [-0.2, 0) is 0 Å². The molecule has 0 spiro atoms. The number of halogens is 5. The molecule has 0 fully saturated rings. The number of amides is 1. The van der Waals surface area contributed by atoms with Crippen LogP contribution in [0.15, 0.2) is 30.3 Å². The summed E-state index contributed by atoms with van der Waals surface area (Å²) in [6, 6.07) is 4.50. The van der Waals surface area contributed by atoms with Gasteiger partial charge in [-0.2, -0.15) is 0 Å². The van der Waals surface area contributed by atoms with Gasteiger partial charge in [-0.25, -0.2) is 22.5 Å². The fraction of sp³-hybridized carbons (Fsp3) is 0.263. The maximum Gasteiger partial charge on any atom is 0.263 e. The fourth-order valence-corrected chi connectivity index (χ4v) is 3.73. The summed E-state index contributed by atoms with van der Waals surface area (Å²) in [5, 5.41) is 0.118. The van der Waals surface area contributed by atoms with Crippen LogP contribution in [0.3, 0.4) is 0 Å². The summed E-state index contributed by atoms with van der Waals surface area (Å²) < 4.78 is 55.0. The van der Waals surface area contributed by atoms with Crippen molar-refractivity contribution in [1.82, 2.24) is 9.88 Å². The maximum atomic E-state index is 14.1. The Morgan fingerprint density at radius 1 is 1.00 bits per heavy atom. The molecule has 156 valence electrons. The Kier molecular flexibility index (Phi) is 7.56. The molecular weight excluding hydrogens is 430 g/mol. The summed E-state index contributed by atoms with van der Waals surface area (Å²) in [6.07, 6.45) is 0.536. The van der Waals surface area contributed by atoms with Crippen molar-refractivity contribution >= 4 is 45.0 Å². The summed E-state index contributed by atoms with van der Waals surface area (Å²) in [5.41, 5.74) is -0.386. The minimum absolute atomic E-state index is 0. The zero-order chi connectivity index (χ0) is 20.4. The van der Waals surface area contributed by atoms with Gasteiger partial charge in [-0.1, -0.05) is 11.3 Å². The van der Waals surface area contributed by atoms with Gasteiger partial charge in [-0.3, -0.25) is 9.69 Å². The lowest BCUT2D eigenvalue weighted by atomic mass is 10.2. The van der Waals surface area contributed by atoms with Gasteiger partial charge < -0.3 is 4.90 Å². The largest absolute Gasteiger partial charge is 0.309 e. The highest BCUT2D eigenvalue weighted by Crippen LogP contribution is 2.32. The van der Waals surface area contributed by atoms with E-state index < -0.39 is 29.2 Å². The van der Waals surface area contributed by atoms with Crippen LogP contribution < -0.4 is 4.90 Å². The number of hydrogen-bond acceptors (Lipinski definition) is 4. The molecule has 0 saturated carbocycles. The van der Waals surface area contributed by atoms with E-state index in [-0.39, 0.29) is 39.9 Å². The Hall–Kier alpha value is -2.23. The Morgan fingerprint density at radius 2 is 1.69 bits per heavy atom. The Balaban J connectivity index is 0.00000300. The highest BCUT2D eigenvalue weighted by molar-refractivity contribution is 7.22. The average molecular weight is 448 g/mol. The normalized spacial score (nSPS) is 11.0. The number of carbonyl (C=O) groups excluding carboxylic acids is 1. The van der Waals surface area contributed by atoms with E-state index in [1.165, 1.54) is 4.90 Å². The molecule has 3 aromatic rings. The van der Waals surface area contributed by atoms with Crippen molar-refractivity contribution < 1.29 is 22.4 Å². The highest BCUT2D eigenvalue weighted by Gasteiger charge is 2.24. The van der Waals surface area contributed by atoms with Crippen LogP contribution in [0, 0.1) is 23.3 Å². The van der Waals surface area contributed by atoms with Gasteiger partial charge in [-0.05, 0) is 45.3 Å². The van der Waals surface area contributed by atoms with Gasteiger partial charge in [0.2, 0.25) is 0 Å². The zero-order valence-electron chi connectivity index (χ0n) is 15.6. The first-order chi connectivity index (χ1) is 13.3. The average Bonchev–Trinajstić information content (AvgIpc) is 3.02. The summed E-state index contributed by atoms with van der Waals surface area (Å²) in [4.78, 5) is 20.2. The van der Waals surface area contributed by atoms with Gasteiger partial charge in [0, 0.05) is 18.7 Å². The number of thiazole rings is 1. The van der Waals surface area contributed by atoms with Crippen molar-refractivity contribution in [1.29, 1.82) is 0 Å². The third kappa shape index (κ3) is 5.23. The van der Waals surface area contributed by atoms with Crippen LogP contribution in [-0.4, -0.2) is 43.0 Å². The van der Waals surface area contributed by atoms with Gasteiger partial charge >= 0.3 is 0 Å². The van der Waals surface area contributed by atoms with Crippen LogP contribution in [0.5, 0.6) is 0 Å². The molecular formula is C19H18ClF4N3OS. The maximum absolute atomic E-state index is 14.1. The quantitative estimate of drug-likeness (QED) is 0.506. The minimum Gasteiger partial charge on any atom is -0.309 e. The minimum atomic E-state index is -0.999. The molecule has 4 nitrogen and oxygen atoms in total. The van der Waals surface area contributed by atoms with E-state index in [1.54, 1.807) is 0 Å². The molecule has 2 aromatic carbocycles. The summed E-state index contributed by atoms with van der Waals surface area (Å²) in [7, 11) is 3.73. The number of aromatic nitrogens is 1. The second kappa shape index (κ2) is 9.51. The molecule has 1 aromatic heterocycles. The van der Waals surface area contributed by atoms with Crippen molar-refractivity contribution in [2.45, 2.75) is 6.42 Å². The van der Waals surface area contributed by atoms with Crippen molar-refractivity contribution in [2.24, 2.45) is 0 Å². The van der Waals surface area contributed by atoms with E-state index >= 15 is 0 Å². The lowest BCUT2D eigenvalue weighted by molar-refractivity contribution is 0.0982. The molecule has 0 N–H and O–H groups in total. The first kappa shape index (κ1) is 23.1. The van der Waals surface area contributed by atoms with Gasteiger partial charge in [0.15, 0.2) is 10.9 Å². The van der Waals surface area contributed by atoms with Crippen LogP contribution >= 0.6 is 23.7 Å². The van der Waals surface area contributed by atoms with Gasteiger partial charge in [0.05, 0.1) is 10.3 Å². The predicted molar refractivity (Wildman–Crippen MR) is 108 cm³/mol. The summed E-state index contributed by atoms with van der Waals surface area (Å²) >= 11 is 0.928. The molecule has 1 heterocycles. The Morgan fingerprint density at radius 3 is 2.34 bits per heavy atom. The third-order valence-corrected chi connectivity index (χ3v) is 5.05. The van der Waals surface area contributed by atoms with Gasteiger partial charge in [-0.15, -0.1) is 12.4 Å². The number of rotatable bonds is 6. The lowest BCUT2D eigenvalue weighted by Crippen LogP contribution is -2.34. The van der Waals surface area contributed by atoms with Crippen molar-refractivity contribution in [3.8, 4) is 0 Å². The molecule has 0 unspecified atom stereocenters. The molecule has 0 saturated heterocycles. The second-order valence-electron chi connectivity index (χ2n) is 6.47. The monoisotopic (exact) mass is 447 g/mol. The number of hydrogen-bond donors (Lipinski definition) is 0. The van der Waals surface area contributed by atoms with Crippen molar-refractivity contribution in [3.63, 3.8) is 0 Å². The third-order valence-electron chi connectivity index (χ3n) is 4.03. The lowest BCUT2D eigenvalue weighted by Gasteiger charge is -2.21. The molecule has 3 rings (SSSR count). The van der Waals surface area contributed by atoms with Crippen molar-refractivity contribution in [2.75, 3.05) is 32.1 Å². The van der Waals surface area contributed by atoms with E-state index in [1.807, 2.05) is 19.0 Å². The molecule has 0 atom stereocenters. The van der Waals surface area contributed by atoms with E-state index in [0.717, 1.165) is 29.5 Å². The van der Waals surface area contributed by atoms with Crippen LogP contribution in [0.2, 0.25) is 0 Å². The van der Waals surface area contributed by atoms with Gasteiger partial charge in [0.1, 0.15) is 23.0 Å². The zero-order valence-corrected chi connectivity index (χ0v) is 17.2. The number of benzene rings is 2. The number of fused-ring (bicyclic) bond motifs is 1. The summed E-state index contributed by atoms with van der Waals surface area (Å²) in [6.45, 7) is 0.821. The van der Waals surface area contributed by atoms with E-state index in [4.69, 9.17) is 0 Å². The molecule has 0 aliphatic heterocycles. The second-order valence-corrected chi connectivity index (χ2v) is 7.48. The summed E-state index contributed by atoms with van der Waals surface area (Å²) in [5.74, 6) is -4.12.